The van der Waals surface area contributed by atoms with Gasteiger partial charge in [0.15, 0.2) is 0 Å². The second-order valence-electron chi connectivity index (χ2n) is 7.83. The molecule has 3 aromatic carbocycles. The van der Waals surface area contributed by atoms with Gasteiger partial charge in [-0.1, -0.05) is 50.2 Å². The van der Waals surface area contributed by atoms with E-state index in [0.717, 1.165) is 16.0 Å². The normalized spacial score (nSPS) is 10.8. The van der Waals surface area contributed by atoms with Crippen molar-refractivity contribution in [2.24, 2.45) is 0 Å². The van der Waals surface area contributed by atoms with E-state index >= 15 is 0 Å². The van der Waals surface area contributed by atoms with Gasteiger partial charge in [0.2, 0.25) is 11.8 Å². The monoisotopic (exact) mass is 456 g/mol. The summed E-state index contributed by atoms with van der Waals surface area (Å²) in [5, 5.41) is 2.86. The second kappa shape index (κ2) is 9.75. The molecule has 0 aliphatic rings. The van der Waals surface area contributed by atoms with Crippen molar-refractivity contribution in [3.05, 3.63) is 90.0 Å². The lowest BCUT2D eigenvalue weighted by Crippen LogP contribution is -2.11. The van der Waals surface area contributed by atoms with Crippen LogP contribution >= 0.6 is 12.6 Å². The van der Waals surface area contributed by atoms with Crippen molar-refractivity contribution in [3.8, 4) is 22.9 Å². The second-order valence-corrected chi connectivity index (χ2v) is 8.34. The highest BCUT2D eigenvalue weighted by molar-refractivity contribution is 7.80. The molecule has 0 bridgehead atoms. The van der Waals surface area contributed by atoms with E-state index in [2.05, 4.69) is 47.8 Å². The zero-order valence-electron chi connectivity index (χ0n) is 18.3. The zero-order valence-corrected chi connectivity index (χ0v) is 19.2. The average Bonchev–Trinajstić information content (AvgIpc) is 2.79. The number of carbonyl (C=O) groups excluding carboxylic acids is 1. The first-order valence-corrected chi connectivity index (χ1v) is 11.0. The number of aromatic nitrogens is 2. The lowest BCUT2D eigenvalue weighted by Gasteiger charge is -2.13. The highest BCUT2D eigenvalue weighted by Crippen LogP contribution is 2.31. The fourth-order valence-electron chi connectivity index (χ4n) is 3.48. The molecule has 4 rings (SSSR count). The molecule has 7 heteroatoms. The molecule has 0 atom stereocenters. The van der Waals surface area contributed by atoms with E-state index in [4.69, 9.17) is 10.5 Å². The number of nitrogens with one attached hydrogen (secondary N) is 1. The summed E-state index contributed by atoms with van der Waals surface area (Å²) in [6.45, 7) is 4.26. The summed E-state index contributed by atoms with van der Waals surface area (Å²) in [6.07, 6.45) is 0. The molecule has 0 aliphatic carbocycles. The standard InChI is InChI=1S/C26H24N4O2S/c1-16(2)21-11-3-4-12-22(21)23-15-24(30-26(27)29-23)32-19-9-5-7-17(13-19)25(31)28-18-8-6-10-20(33)14-18/h3-16,33H,1-2H3,(H,28,31)(H2,27,29,30). The highest BCUT2D eigenvalue weighted by Gasteiger charge is 2.13. The van der Waals surface area contributed by atoms with Crippen LogP contribution in [0.25, 0.3) is 11.3 Å². The molecule has 0 fully saturated rings. The first-order chi connectivity index (χ1) is 15.9. The van der Waals surface area contributed by atoms with Crippen molar-refractivity contribution < 1.29 is 9.53 Å². The van der Waals surface area contributed by atoms with Gasteiger partial charge in [-0.2, -0.15) is 4.98 Å². The van der Waals surface area contributed by atoms with Crippen LogP contribution in [-0.4, -0.2) is 15.9 Å². The molecule has 0 aliphatic heterocycles. The van der Waals surface area contributed by atoms with Crippen LogP contribution in [0.1, 0.15) is 35.7 Å². The Kier molecular flexibility index (Phi) is 6.60. The predicted octanol–water partition coefficient (Wildman–Crippen LogP) is 6.18. The molecule has 33 heavy (non-hydrogen) atoms. The van der Waals surface area contributed by atoms with Gasteiger partial charge >= 0.3 is 0 Å². The Labute approximate surface area is 198 Å². The molecule has 4 aromatic rings. The van der Waals surface area contributed by atoms with Crippen molar-refractivity contribution in [3.63, 3.8) is 0 Å². The van der Waals surface area contributed by atoms with Crippen LogP contribution in [0.2, 0.25) is 0 Å². The number of nitrogens with two attached hydrogens (primary N) is 1. The largest absolute Gasteiger partial charge is 0.439 e. The first-order valence-electron chi connectivity index (χ1n) is 10.5. The molecule has 0 saturated carbocycles. The van der Waals surface area contributed by atoms with Crippen LogP contribution < -0.4 is 15.8 Å². The van der Waals surface area contributed by atoms with Gasteiger partial charge in [0.25, 0.3) is 5.91 Å². The third kappa shape index (κ3) is 5.51. The molecule has 6 nitrogen and oxygen atoms in total. The third-order valence-corrected chi connectivity index (χ3v) is 5.28. The molecule has 0 spiro atoms. The van der Waals surface area contributed by atoms with Crippen LogP contribution in [-0.2, 0) is 0 Å². The van der Waals surface area contributed by atoms with Gasteiger partial charge in [0, 0.05) is 27.8 Å². The smallest absolute Gasteiger partial charge is 0.255 e. The summed E-state index contributed by atoms with van der Waals surface area (Å²) in [7, 11) is 0. The topological polar surface area (TPSA) is 90.1 Å². The molecule has 1 aromatic heterocycles. The van der Waals surface area contributed by atoms with Crippen molar-refractivity contribution >= 4 is 30.2 Å². The van der Waals surface area contributed by atoms with Crippen LogP contribution in [0.15, 0.2) is 83.8 Å². The Hall–Kier alpha value is -3.84. The SMILES string of the molecule is CC(C)c1ccccc1-c1cc(Oc2cccc(C(=O)Nc3cccc(S)c3)c2)nc(N)n1. The van der Waals surface area contributed by atoms with E-state index in [1.807, 2.05) is 30.3 Å². The summed E-state index contributed by atoms with van der Waals surface area (Å²) in [5.41, 5.74) is 9.91. The summed E-state index contributed by atoms with van der Waals surface area (Å²) in [6, 6.07) is 23.9. The molecule has 1 heterocycles. The number of benzene rings is 3. The Morgan fingerprint density at radius 1 is 0.970 bits per heavy atom. The summed E-state index contributed by atoms with van der Waals surface area (Å²) in [4.78, 5) is 22.1. The Morgan fingerprint density at radius 2 is 1.76 bits per heavy atom. The van der Waals surface area contributed by atoms with Gasteiger partial charge in [-0.15, -0.1) is 12.6 Å². The Morgan fingerprint density at radius 3 is 2.55 bits per heavy atom. The van der Waals surface area contributed by atoms with Gasteiger partial charge < -0.3 is 15.8 Å². The number of hydrogen-bond donors (Lipinski definition) is 3. The van der Waals surface area contributed by atoms with E-state index in [1.54, 1.807) is 42.5 Å². The minimum Gasteiger partial charge on any atom is -0.439 e. The number of thiol groups is 1. The zero-order chi connectivity index (χ0) is 23.4. The number of ether oxygens (including phenoxy) is 1. The predicted molar refractivity (Wildman–Crippen MR) is 134 cm³/mol. The highest BCUT2D eigenvalue weighted by atomic mass is 32.1. The number of anilines is 2. The van der Waals surface area contributed by atoms with Crippen LogP contribution in [0.4, 0.5) is 11.6 Å². The maximum Gasteiger partial charge on any atom is 0.255 e. The van der Waals surface area contributed by atoms with E-state index in [1.165, 1.54) is 0 Å². The van der Waals surface area contributed by atoms with Gasteiger partial charge in [-0.3, -0.25) is 4.79 Å². The van der Waals surface area contributed by atoms with Gasteiger partial charge in [-0.25, -0.2) is 4.98 Å². The fraction of sp³-hybridized carbons (Fsp3) is 0.115. The summed E-state index contributed by atoms with van der Waals surface area (Å²) < 4.78 is 5.96. The van der Waals surface area contributed by atoms with E-state index in [0.29, 0.717) is 34.5 Å². The lowest BCUT2D eigenvalue weighted by molar-refractivity contribution is 0.102. The van der Waals surface area contributed by atoms with Crippen molar-refractivity contribution in [1.82, 2.24) is 9.97 Å². The van der Waals surface area contributed by atoms with Crippen LogP contribution in [0, 0.1) is 0 Å². The molecule has 1 amide bonds. The van der Waals surface area contributed by atoms with Gasteiger partial charge in [-0.05, 0) is 47.9 Å². The number of nitrogen functional groups attached to an aromatic ring is 1. The van der Waals surface area contributed by atoms with E-state index < -0.39 is 0 Å². The third-order valence-electron chi connectivity index (χ3n) is 5.00. The van der Waals surface area contributed by atoms with Crippen LogP contribution in [0.5, 0.6) is 11.6 Å². The molecule has 0 saturated heterocycles. The minimum atomic E-state index is -0.256. The molecule has 0 unspecified atom stereocenters. The van der Waals surface area contributed by atoms with Crippen molar-refractivity contribution in [2.45, 2.75) is 24.7 Å². The maximum absolute atomic E-state index is 12.7. The number of rotatable bonds is 6. The summed E-state index contributed by atoms with van der Waals surface area (Å²) >= 11 is 4.30. The quantitative estimate of drug-likeness (QED) is 0.301. The molecule has 3 N–H and O–H groups in total. The van der Waals surface area contributed by atoms with Crippen molar-refractivity contribution in [2.75, 3.05) is 11.1 Å². The Balaban J connectivity index is 1.58. The number of carbonyl (C=O) groups is 1. The molecular formula is C26H24N4O2S. The van der Waals surface area contributed by atoms with Gasteiger partial charge in [0.05, 0.1) is 5.69 Å². The number of nitrogens with zero attached hydrogens (tertiary/aromatic N) is 2. The summed E-state index contributed by atoms with van der Waals surface area (Å²) in [5.74, 6) is 0.943. The van der Waals surface area contributed by atoms with E-state index in [9.17, 15) is 4.79 Å². The first kappa shape index (κ1) is 22.4. The van der Waals surface area contributed by atoms with Gasteiger partial charge in [0.1, 0.15) is 5.75 Å². The molecule has 166 valence electrons. The lowest BCUT2D eigenvalue weighted by atomic mass is 9.95. The number of amides is 1. The minimum absolute atomic E-state index is 0.113. The molecule has 0 radical (unpaired) electrons. The van der Waals surface area contributed by atoms with E-state index in [-0.39, 0.29) is 11.9 Å². The molecular weight excluding hydrogens is 432 g/mol. The maximum atomic E-state index is 12.7. The number of hydrogen-bond acceptors (Lipinski definition) is 6. The average molecular weight is 457 g/mol. The van der Waals surface area contributed by atoms with Crippen molar-refractivity contribution in [1.29, 1.82) is 0 Å². The van der Waals surface area contributed by atoms with Crippen LogP contribution in [0.3, 0.4) is 0 Å². The fourth-order valence-corrected chi connectivity index (χ4v) is 3.70. The Bertz CT molecular complexity index is 1310.